The molecule has 0 aliphatic rings. The minimum Gasteiger partial charge on any atom is -0.445 e. The Balaban J connectivity index is 1.86. The summed E-state index contributed by atoms with van der Waals surface area (Å²) in [4.78, 5) is 15.8. The molecule has 3 aromatic rings. The first-order chi connectivity index (χ1) is 11.7. The number of hydrogen-bond donors (Lipinski definition) is 1. The van der Waals surface area contributed by atoms with Gasteiger partial charge in [0.15, 0.2) is 0 Å². The van der Waals surface area contributed by atoms with E-state index in [4.69, 9.17) is 4.42 Å². The minimum atomic E-state index is 0.0392. The fourth-order valence-electron chi connectivity index (χ4n) is 2.43. The van der Waals surface area contributed by atoms with Crippen LogP contribution in [0.3, 0.4) is 0 Å². The Morgan fingerprint density at radius 2 is 1.92 bits per heavy atom. The summed E-state index contributed by atoms with van der Waals surface area (Å²) in [6, 6.07) is 13.8. The summed E-state index contributed by atoms with van der Waals surface area (Å²) in [5, 5.41) is 2.89. The maximum absolute atomic E-state index is 11.7. The zero-order valence-electron chi connectivity index (χ0n) is 13.3. The van der Waals surface area contributed by atoms with E-state index in [9.17, 15) is 4.79 Å². The number of halogens is 1. The number of rotatable bonds is 5. The first kappa shape index (κ1) is 16.5. The van der Waals surface area contributed by atoms with Gasteiger partial charge < -0.3 is 9.73 Å². The molecule has 0 atom stereocenters. The van der Waals surface area contributed by atoms with Crippen molar-refractivity contribution >= 4 is 27.5 Å². The SMILES string of the molecule is CCCC(=O)Nc1ccc(-c2cc(-c3ncco3)ccc2Br)cc1. The van der Waals surface area contributed by atoms with E-state index in [0.29, 0.717) is 12.3 Å². The van der Waals surface area contributed by atoms with Crippen molar-refractivity contribution in [3.05, 3.63) is 59.4 Å². The predicted molar refractivity (Wildman–Crippen MR) is 98.6 cm³/mol. The Bertz CT molecular complexity index is 827. The van der Waals surface area contributed by atoms with Crippen molar-refractivity contribution in [1.82, 2.24) is 4.98 Å². The number of oxazole rings is 1. The Hall–Kier alpha value is -2.40. The highest BCUT2D eigenvalue weighted by Gasteiger charge is 2.09. The van der Waals surface area contributed by atoms with Gasteiger partial charge in [-0.3, -0.25) is 4.79 Å². The number of amides is 1. The molecule has 0 bridgehead atoms. The third-order valence-electron chi connectivity index (χ3n) is 3.60. The van der Waals surface area contributed by atoms with Gasteiger partial charge in [0.25, 0.3) is 0 Å². The maximum Gasteiger partial charge on any atom is 0.225 e. The lowest BCUT2D eigenvalue weighted by atomic mass is 10.0. The van der Waals surface area contributed by atoms with Crippen LogP contribution in [-0.2, 0) is 4.79 Å². The van der Waals surface area contributed by atoms with Crippen LogP contribution in [0.4, 0.5) is 5.69 Å². The molecule has 0 aliphatic carbocycles. The van der Waals surface area contributed by atoms with Gasteiger partial charge in [-0.2, -0.15) is 0 Å². The molecule has 3 rings (SSSR count). The summed E-state index contributed by atoms with van der Waals surface area (Å²) in [5.74, 6) is 0.629. The molecule has 0 saturated heterocycles. The molecule has 0 unspecified atom stereocenters. The molecule has 0 aliphatic heterocycles. The number of nitrogens with one attached hydrogen (secondary N) is 1. The molecule has 0 radical (unpaired) electrons. The van der Waals surface area contributed by atoms with Crippen molar-refractivity contribution in [2.75, 3.05) is 5.32 Å². The first-order valence-corrected chi connectivity index (χ1v) is 8.56. The second-order valence-electron chi connectivity index (χ2n) is 5.41. The van der Waals surface area contributed by atoms with Crippen LogP contribution in [0.1, 0.15) is 19.8 Å². The van der Waals surface area contributed by atoms with Gasteiger partial charge in [-0.1, -0.05) is 35.0 Å². The second-order valence-corrected chi connectivity index (χ2v) is 6.26. The molecule has 1 N–H and O–H groups in total. The fourth-order valence-corrected chi connectivity index (χ4v) is 2.90. The minimum absolute atomic E-state index is 0.0392. The second kappa shape index (κ2) is 7.45. The van der Waals surface area contributed by atoms with Gasteiger partial charge in [0.1, 0.15) is 6.26 Å². The smallest absolute Gasteiger partial charge is 0.225 e. The standard InChI is InChI=1S/C19H17BrN2O2/c1-2-3-18(23)22-15-7-4-13(5-8-15)16-12-14(6-9-17(16)20)19-21-10-11-24-19/h4-12H,2-3H2,1H3,(H,22,23). The van der Waals surface area contributed by atoms with Crippen molar-refractivity contribution < 1.29 is 9.21 Å². The number of aromatic nitrogens is 1. The van der Waals surface area contributed by atoms with E-state index >= 15 is 0 Å². The van der Waals surface area contributed by atoms with E-state index in [1.807, 2.05) is 49.4 Å². The topological polar surface area (TPSA) is 55.1 Å². The molecule has 5 heteroatoms. The van der Waals surface area contributed by atoms with E-state index in [1.165, 1.54) is 0 Å². The Kier molecular flexibility index (Phi) is 5.11. The van der Waals surface area contributed by atoms with E-state index in [-0.39, 0.29) is 5.91 Å². The van der Waals surface area contributed by atoms with Crippen molar-refractivity contribution in [3.8, 4) is 22.6 Å². The van der Waals surface area contributed by atoms with Crippen LogP contribution in [0.5, 0.6) is 0 Å². The quantitative estimate of drug-likeness (QED) is 0.630. The van der Waals surface area contributed by atoms with Crippen molar-refractivity contribution in [3.63, 3.8) is 0 Å². The van der Waals surface area contributed by atoms with Crippen LogP contribution >= 0.6 is 15.9 Å². The summed E-state index contributed by atoms with van der Waals surface area (Å²) >= 11 is 3.59. The van der Waals surface area contributed by atoms with E-state index in [0.717, 1.165) is 33.3 Å². The molecule has 1 heterocycles. The highest BCUT2D eigenvalue weighted by atomic mass is 79.9. The van der Waals surface area contributed by atoms with Gasteiger partial charge in [0, 0.05) is 22.1 Å². The molecule has 24 heavy (non-hydrogen) atoms. The molecule has 0 fully saturated rings. The molecule has 1 amide bonds. The molecule has 0 saturated carbocycles. The van der Waals surface area contributed by atoms with Crippen LogP contribution in [0, 0.1) is 0 Å². The fraction of sp³-hybridized carbons (Fsp3) is 0.158. The average Bonchev–Trinajstić information content (AvgIpc) is 3.11. The molecule has 1 aromatic heterocycles. The summed E-state index contributed by atoms with van der Waals surface area (Å²) in [5.41, 5.74) is 3.80. The lowest BCUT2D eigenvalue weighted by Crippen LogP contribution is -2.10. The third kappa shape index (κ3) is 3.74. The zero-order chi connectivity index (χ0) is 16.9. The number of carbonyl (C=O) groups excluding carboxylic acids is 1. The number of hydrogen-bond acceptors (Lipinski definition) is 3. The van der Waals surface area contributed by atoms with Gasteiger partial charge in [-0.15, -0.1) is 0 Å². The zero-order valence-corrected chi connectivity index (χ0v) is 14.8. The van der Waals surface area contributed by atoms with Crippen molar-refractivity contribution in [1.29, 1.82) is 0 Å². The lowest BCUT2D eigenvalue weighted by Gasteiger charge is -2.09. The van der Waals surface area contributed by atoms with Gasteiger partial charge in [-0.25, -0.2) is 4.98 Å². The van der Waals surface area contributed by atoms with Crippen LogP contribution in [0.25, 0.3) is 22.6 Å². The van der Waals surface area contributed by atoms with Crippen molar-refractivity contribution in [2.24, 2.45) is 0 Å². The van der Waals surface area contributed by atoms with Crippen LogP contribution in [-0.4, -0.2) is 10.9 Å². The molecule has 122 valence electrons. The number of benzene rings is 2. The summed E-state index contributed by atoms with van der Waals surface area (Å²) < 4.78 is 6.35. The Morgan fingerprint density at radius 3 is 2.58 bits per heavy atom. The van der Waals surface area contributed by atoms with Crippen molar-refractivity contribution in [2.45, 2.75) is 19.8 Å². The lowest BCUT2D eigenvalue weighted by molar-refractivity contribution is -0.116. The normalized spacial score (nSPS) is 10.6. The van der Waals surface area contributed by atoms with E-state index < -0.39 is 0 Å². The average molecular weight is 385 g/mol. The highest BCUT2D eigenvalue weighted by Crippen LogP contribution is 2.33. The monoisotopic (exact) mass is 384 g/mol. The number of anilines is 1. The van der Waals surface area contributed by atoms with Gasteiger partial charge in [0.2, 0.25) is 11.8 Å². The molecule has 0 spiro atoms. The molecular weight excluding hydrogens is 368 g/mol. The predicted octanol–water partition coefficient (Wildman–Crippen LogP) is 5.51. The first-order valence-electron chi connectivity index (χ1n) is 7.77. The molecule has 2 aromatic carbocycles. The Labute approximate surface area is 149 Å². The third-order valence-corrected chi connectivity index (χ3v) is 4.29. The van der Waals surface area contributed by atoms with Crippen LogP contribution < -0.4 is 5.32 Å². The largest absolute Gasteiger partial charge is 0.445 e. The summed E-state index contributed by atoms with van der Waals surface area (Å²) in [6.07, 6.45) is 4.56. The summed E-state index contributed by atoms with van der Waals surface area (Å²) in [7, 11) is 0. The van der Waals surface area contributed by atoms with Gasteiger partial charge in [0.05, 0.1) is 6.20 Å². The maximum atomic E-state index is 11.7. The summed E-state index contributed by atoms with van der Waals surface area (Å²) in [6.45, 7) is 1.99. The molecular formula is C19H17BrN2O2. The number of nitrogens with zero attached hydrogens (tertiary/aromatic N) is 1. The van der Waals surface area contributed by atoms with E-state index in [1.54, 1.807) is 12.5 Å². The van der Waals surface area contributed by atoms with Gasteiger partial charge in [-0.05, 0) is 47.9 Å². The Morgan fingerprint density at radius 1 is 1.17 bits per heavy atom. The van der Waals surface area contributed by atoms with Gasteiger partial charge >= 0.3 is 0 Å². The van der Waals surface area contributed by atoms with Crippen LogP contribution in [0.2, 0.25) is 0 Å². The molecule has 4 nitrogen and oxygen atoms in total. The van der Waals surface area contributed by atoms with E-state index in [2.05, 4.69) is 26.2 Å². The van der Waals surface area contributed by atoms with Crippen LogP contribution in [0.15, 0.2) is 63.8 Å². The highest BCUT2D eigenvalue weighted by molar-refractivity contribution is 9.10. The number of carbonyl (C=O) groups is 1.